The van der Waals surface area contributed by atoms with Gasteiger partial charge in [-0.2, -0.15) is 0 Å². The van der Waals surface area contributed by atoms with E-state index in [9.17, 15) is 19.2 Å². The minimum absolute atomic E-state index is 0.0371. The molecule has 0 spiro atoms. The van der Waals surface area contributed by atoms with Crippen molar-refractivity contribution in [2.45, 2.75) is 25.7 Å². The Bertz CT molecular complexity index is 1770. The lowest BCUT2D eigenvalue weighted by molar-refractivity contribution is -0.123. The van der Waals surface area contributed by atoms with Crippen molar-refractivity contribution in [1.29, 1.82) is 0 Å². The van der Waals surface area contributed by atoms with E-state index in [4.69, 9.17) is 125 Å². The lowest BCUT2D eigenvalue weighted by Crippen LogP contribution is -2.31. The van der Waals surface area contributed by atoms with Gasteiger partial charge < -0.3 is 136 Å². The van der Waals surface area contributed by atoms with Gasteiger partial charge in [-0.3, -0.25) is 19.2 Å². The number of nitrogens with two attached hydrogens (primary N) is 2. The van der Waals surface area contributed by atoms with E-state index in [1.807, 2.05) is 0 Å². The molecular weight excluding hydrogens is 1280 g/mol. The van der Waals surface area contributed by atoms with Gasteiger partial charge in [-0.1, -0.05) is 0 Å². The summed E-state index contributed by atoms with van der Waals surface area (Å²) in [7, 11) is 3.27. The molecule has 0 saturated heterocycles. The Morgan fingerprint density at radius 3 is 0.542 bits per heavy atom. The summed E-state index contributed by atoms with van der Waals surface area (Å²) < 4.78 is 130. The number of rotatable bonds is 80. The number of hydrogen-bond donors (Lipinski definition) is 4. The summed E-state index contributed by atoms with van der Waals surface area (Å²) >= 11 is 0. The summed E-state index contributed by atoms with van der Waals surface area (Å²) in [4.78, 5) is 58.2. The molecule has 1 rings (SSSR count). The van der Waals surface area contributed by atoms with Crippen LogP contribution in [0.25, 0.3) is 0 Å². The minimum atomic E-state index is -0.883. The van der Waals surface area contributed by atoms with Crippen LogP contribution in [0.2, 0.25) is 0 Å². The average Bonchev–Trinajstić information content (AvgIpc) is 0.845. The Kier molecular flexibility index (Phi) is 69.1. The van der Waals surface area contributed by atoms with Crippen LogP contribution >= 0.6 is 0 Å². The third kappa shape index (κ3) is 63.4. The van der Waals surface area contributed by atoms with Gasteiger partial charge in [-0.25, -0.2) is 9.97 Å². The second kappa shape index (κ2) is 73.7. The fourth-order valence-electron chi connectivity index (χ4n) is 7.28. The maximum Gasteiger partial charge on any atom is 0.269 e. The molecule has 0 fully saturated rings. The predicted octanol–water partition coefficient (Wildman–Crippen LogP) is -1.57. The highest BCUT2D eigenvalue weighted by atomic mass is 16.6. The molecule has 1 aromatic heterocycles. The third-order valence-electron chi connectivity index (χ3n) is 12.1. The fourth-order valence-corrected chi connectivity index (χ4v) is 7.28. The molecule has 0 aliphatic heterocycles. The van der Waals surface area contributed by atoms with Gasteiger partial charge >= 0.3 is 0 Å². The zero-order chi connectivity index (χ0) is 69.2. The van der Waals surface area contributed by atoms with E-state index < -0.39 is 11.8 Å². The highest BCUT2D eigenvalue weighted by molar-refractivity contribution is 5.95. The minimum Gasteiger partial charge on any atom is -0.382 e. The maximum atomic E-state index is 12.5. The Morgan fingerprint density at radius 2 is 0.396 bits per heavy atom. The quantitative estimate of drug-likeness (QED) is 0.0535. The number of nitrogens with one attached hydrogen (secondary N) is 2. The van der Waals surface area contributed by atoms with Crippen LogP contribution in [0.5, 0.6) is 0 Å². The number of carbonyl (C=O) groups is 4. The molecule has 96 heavy (non-hydrogen) atoms. The van der Waals surface area contributed by atoms with Crippen molar-refractivity contribution in [2.24, 2.45) is 11.5 Å². The van der Waals surface area contributed by atoms with Gasteiger partial charge in [0.2, 0.25) is 11.8 Å². The molecule has 34 heteroatoms. The van der Waals surface area contributed by atoms with Crippen molar-refractivity contribution in [3.05, 3.63) is 22.8 Å². The topological polar surface area (TPSA) is 392 Å². The number of hydrogen-bond acceptors (Lipinski definition) is 30. The van der Waals surface area contributed by atoms with Crippen LogP contribution in [-0.2, 0) is 136 Å². The first-order chi connectivity index (χ1) is 47.3. The number of primary amides is 2. The molecule has 1 aromatic rings. The molecule has 0 unspecified atom stereocenters. The first-order valence-electron chi connectivity index (χ1n) is 33.0. The van der Waals surface area contributed by atoms with Gasteiger partial charge in [0, 0.05) is 53.0 Å². The molecule has 0 bridgehead atoms. The first-order valence-corrected chi connectivity index (χ1v) is 33.0. The second-order valence-corrected chi connectivity index (χ2v) is 19.7. The van der Waals surface area contributed by atoms with E-state index in [0.717, 1.165) is 0 Å². The van der Waals surface area contributed by atoms with Crippen molar-refractivity contribution in [3.8, 4) is 0 Å². The van der Waals surface area contributed by atoms with Gasteiger partial charge in [-0.05, 0) is 0 Å². The molecule has 0 aliphatic carbocycles. The van der Waals surface area contributed by atoms with Gasteiger partial charge in [0.1, 0.15) is 11.4 Å². The molecular formula is C62H116N6O28. The van der Waals surface area contributed by atoms with E-state index in [0.29, 0.717) is 277 Å². The molecule has 0 atom stereocenters. The van der Waals surface area contributed by atoms with Crippen LogP contribution in [0.15, 0.2) is 0 Å². The van der Waals surface area contributed by atoms with E-state index in [2.05, 4.69) is 20.6 Å². The SMILES string of the molecule is COCCOCCOCCOCCOCCOCCOCCOCCOCCOCCOCCOCCC(=O)NCCc1nc(C(N)=O)c(CCNC(=O)CCOCCOCCOCCOCCOCCOCCOCCOCCOCCOCCOCCOC)nc1C(N)=O. The largest absolute Gasteiger partial charge is 0.382 e. The summed E-state index contributed by atoms with van der Waals surface area (Å²) in [6.45, 7) is 20.4. The molecule has 0 aromatic carbocycles. The van der Waals surface area contributed by atoms with Crippen LogP contribution in [0.4, 0.5) is 0 Å². The smallest absolute Gasteiger partial charge is 0.269 e. The molecule has 6 N–H and O–H groups in total. The highest BCUT2D eigenvalue weighted by Crippen LogP contribution is 2.11. The monoisotopic (exact) mass is 1390 g/mol. The molecule has 0 radical (unpaired) electrons. The molecule has 0 saturated carbocycles. The fraction of sp³-hybridized carbons (Fsp3) is 0.871. The zero-order valence-electron chi connectivity index (χ0n) is 57.2. The van der Waals surface area contributed by atoms with Gasteiger partial charge in [0.15, 0.2) is 0 Å². The highest BCUT2D eigenvalue weighted by Gasteiger charge is 2.21. The van der Waals surface area contributed by atoms with Crippen LogP contribution in [-0.4, -0.2) is 365 Å². The number of ether oxygens (including phenoxy) is 24. The van der Waals surface area contributed by atoms with E-state index in [1.54, 1.807) is 14.2 Å². The standard InChI is InChI=1S/C62H116N6O28/c1-73-11-13-77-19-21-81-27-29-85-35-37-89-43-45-93-51-53-95-49-47-91-41-39-87-33-31-83-25-23-79-17-15-75-9-5-57(69)65-7-3-55-59(61(63)71)68-56(60(67-55)62(64)72)4-8-66-58(70)6-10-76-16-18-80-24-26-84-32-34-88-40-42-92-48-50-96-54-52-94-46-44-90-38-36-86-30-28-82-22-20-78-14-12-74-2/h3-54H2,1-2H3,(H2,63,71)(H2,64,72)(H,65,69)(H,66,70). The molecule has 1 heterocycles. The van der Waals surface area contributed by atoms with Gasteiger partial charge in [-0.15, -0.1) is 0 Å². The molecule has 0 aliphatic rings. The number of amides is 4. The summed E-state index contributed by atoms with van der Waals surface area (Å²) in [5.41, 5.74) is 11.0. The van der Waals surface area contributed by atoms with E-state index in [1.165, 1.54) is 0 Å². The summed E-state index contributed by atoms with van der Waals surface area (Å²) in [6.07, 6.45) is 0.212. The lowest BCUT2D eigenvalue weighted by atomic mass is 10.1. The van der Waals surface area contributed by atoms with Crippen molar-refractivity contribution in [3.63, 3.8) is 0 Å². The number of methoxy groups -OCH3 is 2. The third-order valence-corrected chi connectivity index (χ3v) is 12.1. The van der Waals surface area contributed by atoms with Crippen molar-refractivity contribution < 1.29 is 133 Å². The van der Waals surface area contributed by atoms with Crippen molar-refractivity contribution >= 4 is 23.6 Å². The molecule has 34 nitrogen and oxygen atoms in total. The molecule has 4 amide bonds. The van der Waals surface area contributed by atoms with Crippen LogP contribution in [0.3, 0.4) is 0 Å². The zero-order valence-corrected chi connectivity index (χ0v) is 57.2. The predicted molar refractivity (Wildman–Crippen MR) is 343 cm³/mol. The average molecular weight is 1390 g/mol. The Morgan fingerprint density at radius 1 is 0.250 bits per heavy atom. The number of aromatic nitrogens is 2. The Balaban J connectivity index is 1.93. The Labute approximate surface area is 566 Å². The van der Waals surface area contributed by atoms with E-state index in [-0.39, 0.29) is 99.8 Å². The number of carbonyl (C=O) groups excluding carboxylic acids is 4. The van der Waals surface area contributed by atoms with Crippen LogP contribution < -0.4 is 22.1 Å². The maximum absolute atomic E-state index is 12.5. The lowest BCUT2D eigenvalue weighted by Gasteiger charge is -2.13. The number of nitrogens with zero attached hydrogens (tertiary/aromatic N) is 2. The van der Waals surface area contributed by atoms with Gasteiger partial charge in [0.25, 0.3) is 11.8 Å². The Hall–Kier alpha value is -4.00. The van der Waals surface area contributed by atoms with Gasteiger partial charge in [0.05, 0.1) is 315 Å². The molecule has 562 valence electrons. The summed E-state index contributed by atoms with van der Waals surface area (Å²) in [6, 6.07) is 0. The van der Waals surface area contributed by atoms with E-state index >= 15 is 0 Å². The first kappa shape index (κ1) is 90.0. The summed E-state index contributed by atoms with van der Waals surface area (Å²) in [5.74, 6) is -2.38. The van der Waals surface area contributed by atoms with Crippen LogP contribution in [0.1, 0.15) is 45.2 Å². The normalized spacial score (nSPS) is 11.5. The second-order valence-electron chi connectivity index (χ2n) is 19.7. The van der Waals surface area contributed by atoms with Crippen LogP contribution in [0, 0.1) is 0 Å². The van der Waals surface area contributed by atoms with Crippen molar-refractivity contribution in [1.82, 2.24) is 20.6 Å². The summed E-state index contributed by atoms with van der Waals surface area (Å²) in [5, 5.41) is 5.44. The van der Waals surface area contributed by atoms with Crippen molar-refractivity contribution in [2.75, 3.05) is 331 Å².